The first-order valence-corrected chi connectivity index (χ1v) is 10.8. The molecule has 156 valence electrons. The van der Waals surface area contributed by atoms with E-state index in [2.05, 4.69) is 13.8 Å². The molecule has 1 aromatic carbocycles. The Morgan fingerprint density at radius 1 is 1.03 bits per heavy atom. The topological polar surface area (TPSA) is 57.7 Å². The number of Topliss-reactive ketones (excluding diaryl/α,β-unsaturated/α-hetero) is 1. The number of imide groups is 1. The Balaban J connectivity index is 1.60. The number of nitrogens with zero attached hydrogens (tertiary/aromatic N) is 2. The zero-order valence-corrected chi connectivity index (χ0v) is 18.0. The molecule has 5 atom stereocenters. The van der Waals surface area contributed by atoms with Gasteiger partial charge in [-0.1, -0.05) is 44.2 Å². The van der Waals surface area contributed by atoms with E-state index in [0.29, 0.717) is 17.4 Å². The molecule has 29 heavy (non-hydrogen) atoms. The Labute approximate surface area is 173 Å². The molecule has 3 fully saturated rings. The summed E-state index contributed by atoms with van der Waals surface area (Å²) in [6, 6.07) is 8.52. The van der Waals surface area contributed by atoms with Crippen molar-refractivity contribution in [3.05, 3.63) is 35.9 Å². The van der Waals surface area contributed by atoms with Crippen molar-refractivity contribution in [2.45, 2.75) is 58.4 Å². The number of hydrogen-bond acceptors (Lipinski definition) is 3. The summed E-state index contributed by atoms with van der Waals surface area (Å²) in [6.07, 6.45) is 5.61. The molecule has 1 aromatic rings. The third kappa shape index (κ3) is 3.10. The van der Waals surface area contributed by atoms with Crippen LogP contribution in [0.25, 0.3) is 0 Å². The number of carbonyl (C=O) groups is 3. The maximum absolute atomic E-state index is 13.6. The highest BCUT2D eigenvalue weighted by Gasteiger charge is 2.63. The number of rotatable bonds is 4. The minimum absolute atomic E-state index is 0.193. The molecule has 1 aliphatic heterocycles. The highest BCUT2D eigenvalue weighted by atomic mass is 16.2. The third-order valence-corrected chi connectivity index (χ3v) is 8.04. The van der Waals surface area contributed by atoms with E-state index in [1.165, 1.54) is 24.2 Å². The van der Waals surface area contributed by atoms with E-state index < -0.39 is 5.54 Å². The van der Waals surface area contributed by atoms with Crippen molar-refractivity contribution in [2.75, 3.05) is 13.6 Å². The lowest BCUT2D eigenvalue weighted by molar-refractivity contribution is -0.142. The molecule has 3 unspecified atom stereocenters. The molecule has 4 rings (SSSR count). The van der Waals surface area contributed by atoms with Gasteiger partial charge in [-0.3, -0.25) is 14.5 Å². The van der Waals surface area contributed by atoms with Gasteiger partial charge in [-0.15, -0.1) is 0 Å². The van der Waals surface area contributed by atoms with Gasteiger partial charge in [0.15, 0.2) is 5.78 Å². The van der Waals surface area contributed by atoms with Gasteiger partial charge in [-0.05, 0) is 56.8 Å². The van der Waals surface area contributed by atoms with Crippen LogP contribution in [-0.4, -0.2) is 46.7 Å². The van der Waals surface area contributed by atoms with Crippen LogP contribution in [0.4, 0.5) is 4.79 Å². The molecule has 5 heteroatoms. The Morgan fingerprint density at radius 2 is 1.62 bits per heavy atom. The third-order valence-electron chi connectivity index (χ3n) is 8.04. The Kier molecular flexibility index (Phi) is 4.83. The van der Waals surface area contributed by atoms with Crippen molar-refractivity contribution in [2.24, 2.45) is 23.2 Å². The molecule has 1 saturated heterocycles. The molecule has 1 heterocycles. The molecule has 2 bridgehead atoms. The smallest absolute Gasteiger partial charge is 0.312 e. The zero-order chi connectivity index (χ0) is 21.0. The van der Waals surface area contributed by atoms with Gasteiger partial charge < -0.3 is 4.90 Å². The van der Waals surface area contributed by atoms with E-state index in [1.54, 1.807) is 36.2 Å². The maximum atomic E-state index is 13.6. The van der Waals surface area contributed by atoms with Crippen LogP contribution in [-0.2, 0) is 4.79 Å². The van der Waals surface area contributed by atoms with Gasteiger partial charge in [0.05, 0.1) is 6.54 Å². The summed E-state index contributed by atoms with van der Waals surface area (Å²) < 4.78 is 0. The molecular weight excluding hydrogens is 364 g/mol. The lowest BCUT2D eigenvalue weighted by Gasteiger charge is -2.54. The van der Waals surface area contributed by atoms with Gasteiger partial charge in [0.1, 0.15) is 5.54 Å². The van der Waals surface area contributed by atoms with E-state index in [4.69, 9.17) is 0 Å². The quantitative estimate of drug-likeness (QED) is 0.561. The van der Waals surface area contributed by atoms with Crippen LogP contribution < -0.4 is 0 Å². The first-order valence-electron chi connectivity index (χ1n) is 10.8. The number of hydrogen-bond donors (Lipinski definition) is 0. The van der Waals surface area contributed by atoms with Crippen molar-refractivity contribution >= 4 is 17.7 Å². The van der Waals surface area contributed by atoms with Crippen LogP contribution in [0.3, 0.4) is 0 Å². The highest BCUT2D eigenvalue weighted by molar-refractivity contribution is 6.11. The van der Waals surface area contributed by atoms with Crippen LogP contribution in [0.15, 0.2) is 30.3 Å². The summed E-state index contributed by atoms with van der Waals surface area (Å²) in [5.41, 5.74) is -0.651. The number of likely N-dealkylation sites (N-methyl/N-ethyl adjacent to an activating group) is 1. The summed E-state index contributed by atoms with van der Waals surface area (Å²) in [4.78, 5) is 42.2. The number of urea groups is 1. The SMILES string of the molecule is CC1C[C@@H]2C[C@H](C1)CC(C)(C1(C)C(=O)N(CC(=O)c3ccccc3)C(=O)N1C)C2. The first kappa shape index (κ1) is 20.1. The van der Waals surface area contributed by atoms with Gasteiger partial charge in [0.25, 0.3) is 5.91 Å². The summed E-state index contributed by atoms with van der Waals surface area (Å²) in [5.74, 6) is 1.57. The van der Waals surface area contributed by atoms with E-state index in [-0.39, 0.29) is 29.7 Å². The van der Waals surface area contributed by atoms with Crippen LogP contribution in [0, 0.1) is 23.2 Å². The average molecular weight is 397 g/mol. The fraction of sp³-hybridized carbons (Fsp3) is 0.625. The number of benzene rings is 1. The molecule has 0 aromatic heterocycles. The van der Waals surface area contributed by atoms with Gasteiger partial charge in [-0.2, -0.15) is 0 Å². The standard InChI is InChI=1S/C24H32N2O3/c1-16-10-17-12-18(11-16)14-23(2,13-17)24(3)21(28)26(22(29)25(24)4)15-20(27)19-8-6-5-7-9-19/h5-9,16-18H,10-15H2,1-4H3/t16?,17-,18+,23?,24?. The van der Waals surface area contributed by atoms with Crippen molar-refractivity contribution in [1.82, 2.24) is 9.80 Å². The zero-order valence-electron chi connectivity index (χ0n) is 18.0. The monoisotopic (exact) mass is 396 g/mol. The van der Waals surface area contributed by atoms with Gasteiger partial charge in [0, 0.05) is 18.0 Å². The normalized spacial score (nSPS) is 37.2. The lowest BCUT2D eigenvalue weighted by Crippen LogP contribution is -2.60. The molecule has 3 amide bonds. The second-order valence-electron chi connectivity index (χ2n) is 10.1. The summed E-state index contributed by atoms with van der Waals surface area (Å²) >= 11 is 0. The average Bonchev–Trinajstić information content (AvgIpc) is 2.84. The van der Waals surface area contributed by atoms with Crippen LogP contribution in [0.2, 0.25) is 0 Å². The van der Waals surface area contributed by atoms with Gasteiger partial charge >= 0.3 is 6.03 Å². The Bertz CT molecular complexity index is 818. The fourth-order valence-corrected chi connectivity index (χ4v) is 6.51. The molecular formula is C24H32N2O3. The number of carbonyl (C=O) groups excluding carboxylic acids is 3. The highest BCUT2D eigenvalue weighted by Crippen LogP contribution is 2.57. The molecule has 2 aliphatic carbocycles. The van der Waals surface area contributed by atoms with E-state index in [9.17, 15) is 14.4 Å². The van der Waals surface area contributed by atoms with Crippen molar-refractivity contribution in [3.63, 3.8) is 0 Å². The summed E-state index contributed by atoms with van der Waals surface area (Å²) in [5, 5.41) is 0. The predicted molar refractivity (Wildman–Crippen MR) is 111 cm³/mol. The molecule has 0 N–H and O–H groups in total. The van der Waals surface area contributed by atoms with Crippen molar-refractivity contribution < 1.29 is 14.4 Å². The van der Waals surface area contributed by atoms with E-state index in [1.807, 2.05) is 13.0 Å². The van der Waals surface area contributed by atoms with Gasteiger partial charge in [-0.25, -0.2) is 4.79 Å². The molecule has 0 spiro atoms. The fourth-order valence-electron chi connectivity index (χ4n) is 6.51. The lowest BCUT2D eigenvalue weighted by atomic mass is 9.53. The summed E-state index contributed by atoms with van der Waals surface area (Å²) in [7, 11) is 1.73. The Hall–Kier alpha value is -2.17. The van der Waals surface area contributed by atoms with Crippen LogP contribution in [0.1, 0.15) is 63.2 Å². The van der Waals surface area contributed by atoms with Crippen molar-refractivity contribution in [3.8, 4) is 0 Å². The van der Waals surface area contributed by atoms with Crippen molar-refractivity contribution in [1.29, 1.82) is 0 Å². The maximum Gasteiger partial charge on any atom is 0.327 e. The number of fused-ring (bicyclic) bond motifs is 2. The van der Waals surface area contributed by atoms with Crippen LogP contribution in [0.5, 0.6) is 0 Å². The first-order chi connectivity index (χ1) is 13.7. The largest absolute Gasteiger partial charge is 0.327 e. The predicted octanol–water partition coefficient (Wildman–Crippen LogP) is 4.37. The second kappa shape index (κ2) is 6.96. The molecule has 5 nitrogen and oxygen atoms in total. The second-order valence-corrected chi connectivity index (χ2v) is 10.1. The van der Waals surface area contributed by atoms with Gasteiger partial charge in [0.2, 0.25) is 0 Å². The number of ketones is 1. The van der Waals surface area contributed by atoms with E-state index >= 15 is 0 Å². The van der Waals surface area contributed by atoms with Crippen LogP contribution >= 0.6 is 0 Å². The van der Waals surface area contributed by atoms with E-state index in [0.717, 1.165) is 18.8 Å². The molecule has 3 aliphatic rings. The molecule has 2 saturated carbocycles. The number of amides is 3. The minimum Gasteiger partial charge on any atom is -0.312 e. The molecule has 0 radical (unpaired) electrons. The Morgan fingerprint density at radius 3 is 2.21 bits per heavy atom. The minimum atomic E-state index is -0.904. The summed E-state index contributed by atoms with van der Waals surface area (Å²) in [6.45, 7) is 6.25.